The highest BCUT2D eigenvalue weighted by Gasteiger charge is 2.19. The topological polar surface area (TPSA) is 48.5 Å². The van der Waals surface area contributed by atoms with Gasteiger partial charge in [0.1, 0.15) is 0 Å². The van der Waals surface area contributed by atoms with Gasteiger partial charge in [0.25, 0.3) is 0 Å². The molecular formula is C51H33N5. The van der Waals surface area contributed by atoms with Crippen molar-refractivity contribution in [3.63, 3.8) is 0 Å². The largest absolute Gasteiger partial charge is 0.309 e. The van der Waals surface area contributed by atoms with Crippen molar-refractivity contribution in [3.8, 4) is 56.7 Å². The summed E-state index contributed by atoms with van der Waals surface area (Å²) in [4.78, 5) is 15.3. The monoisotopic (exact) mass is 715 g/mol. The summed E-state index contributed by atoms with van der Waals surface area (Å²) in [6.45, 7) is 0. The third-order valence-electron chi connectivity index (χ3n) is 10.8. The summed E-state index contributed by atoms with van der Waals surface area (Å²) >= 11 is 0. The molecule has 0 fully saturated rings. The first-order valence-electron chi connectivity index (χ1n) is 18.9. The Bertz CT molecular complexity index is 3160. The van der Waals surface area contributed by atoms with Gasteiger partial charge in [-0.3, -0.25) is 4.57 Å². The number of hydrogen-bond donors (Lipinski definition) is 0. The van der Waals surface area contributed by atoms with Crippen LogP contribution >= 0.6 is 0 Å². The third kappa shape index (κ3) is 5.29. The van der Waals surface area contributed by atoms with Crippen LogP contribution in [0.15, 0.2) is 200 Å². The molecule has 0 saturated carbocycles. The molecular weight excluding hydrogens is 683 g/mol. The molecule has 3 heterocycles. The first kappa shape index (κ1) is 31.9. The zero-order valence-corrected chi connectivity index (χ0v) is 30.3. The average Bonchev–Trinajstić information content (AvgIpc) is 3.79. The Hall–Kier alpha value is -7.63. The first-order valence-corrected chi connectivity index (χ1v) is 18.9. The van der Waals surface area contributed by atoms with Gasteiger partial charge in [-0.15, -0.1) is 0 Å². The van der Waals surface area contributed by atoms with E-state index in [9.17, 15) is 0 Å². The lowest BCUT2D eigenvalue weighted by atomic mass is 10.0. The Labute approximate surface area is 323 Å². The number of para-hydroxylation sites is 2. The number of rotatable bonds is 6. The van der Waals surface area contributed by atoms with E-state index < -0.39 is 0 Å². The van der Waals surface area contributed by atoms with Crippen LogP contribution < -0.4 is 0 Å². The Balaban J connectivity index is 1.08. The molecule has 0 spiro atoms. The van der Waals surface area contributed by atoms with Crippen LogP contribution in [0.2, 0.25) is 0 Å². The number of fused-ring (bicyclic) bond motifs is 6. The standard InChI is InChI=1S/C51H33N5/c1-4-14-34(15-5-1)35-24-28-40(29-25-35)55-45-22-12-11-21-42(45)44-32-38(27-31-47(44)55)39-26-30-43-41-20-10-13-23-46(41)56(48(43)33-39)51-53-49(36-16-6-2-7-17-36)52-50(54-51)37-18-8-3-9-19-37/h1-33H. The van der Waals surface area contributed by atoms with E-state index in [-0.39, 0.29) is 0 Å². The normalized spacial score (nSPS) is 11.6. The van der Waals surface area contributed by atoms with Crippen molar-refractivity contribution in [1.29, 1.82) is 0 Å². The van der Waals surface area contributed by atoms with Crippen molar-refractivity contribution >= 4 is 43.6 Å². The zero-order chi connectivity index (χ0) is 37.0. The van der Waals surface area contributed by atoms with E-state index in [0.29, 0.717) is 17.6 Å². The molecule has 262 valence electrons. The van der Waals surface area contributed by atoms with Crippen molar-refractivity contribution in [3.05, 3.63) is 200 Å². The second-order valence-electron chi connectivity index (χ2n) is 14.1. The van der Waals surface area contributed by atoms with Gasteiger partial charge in [-0.1, -0.05) is 158 Å². The molecule has 11 rings (SSSR count). The van der Waals surface area contributed by atoms with E-state index in [2.05, 4.69) is 149 Å². The fourth-order valence-electron chi connectivity index (χ4n) is 8.13. The van der Waals surface area contributed by atoms with E-state index in [1.807, 2.05) is 60.7 Å². The highest BCUT2D eigenvalue weighted by molar-refractivity contribution is 6.12. The van der Waals surface area contributed by atoms with E-state index >= 15 is 0 Å². The molecule has 0 amide bonds. The highest BCUT2D eigenvalue weighted by Crippen LogP contribution is 2.38. The maximum atomic E-state index is 5.14. The fourth-order valence-corrected chi connectivity index (χ4v) is 8.13. The molecule has 5 nitrogen and oxygen atoms in total. The van der Waals surface area contributed by atoms with Gasteiger partial charge < -0.3 is 4.57 Å². The Morgan fingerprint density at radius 2 is 0.714 bits per heavy atom. The van der Waals surface area contributed by atoms with Crippen LogP contribution in [0.3, 0.4) is 0 Å². The molecule has 0 aliphatic carbocycles. The summed E-state index contributed by atoms with van der Waals surface area (Å²) in [5, 5.41) is 4.72. The summed E-state index contributed by atoms with van der Waals surface area (Å²) in [6, 6.07) is 70.5. The minimum Gasteiger partial charge on any atom is -0.309 e. The molecule has 8 aromatic carbocycles. The maximum Gasteiger partial charge on any atom is 0.238 e. The number of nitrogens with zero attached hydrogens (tertiary/aromatic N) is 5. The highest BCUT2D eigenvalue weighted by atomic mass is 15.2. The van der Waals surface area contributed by atoms with Gasteiger partial charge in [-0.05, 0) is 64.7 Å². The van der Waals surface area contributed by atoms with Gasteiger partial charge in [0, 0.05) is 38.4 Å². The van der Waals surface area contributed by atoms with Crippen LogP contribution in [0.4, 0.5) is 0 Å². The van der Waals surface area contributed by atoms with E-state index in [0.717, 1.165) is 49.7 Å². The number of hydrogen-bond acceptors (Lipinski definition) is 3. The van der Waals surface area contributed by atoms with E-state index in [1.165, 1.54) is 32.9 Å². The van der Waals surface area contributed by atoms with Crippen LogP contribution in [0, 0.1) is 0 Å². The summed E-state index contributed by atoms with van der Waals surface area (Å²) in [5.41, 5.74) is 12.1. The average molecular weight is 716 g/mol. The molecule has 0 saturated heterocycles. The molecule has 0 bridgehead atoms. The smallest absolute Gasteiger partial charge is 0.238 e. The van der Waals surface area contributed by atoms with Crippen LogP contribution in [-0.2, 0) is 0 Å². The van der Waals surface area contributed by atoms with E-state index in [4.69, 9.17) is 15.0 Å². The van der Waals surface area contributed by atoms with Crippen LogP contribution in [0.25, 0.3) is 100 Å². The maximum absolute atomic E-state index is 5.14. The van der Waals surface area contributed by atoms with Gasteiger partial charge in [0.15, 0.2) is 11.6 Å². The second-order valence-corrected chi connectivity index (χ2v) is 14.1. The SMILES string of the molecule is c1ccc(-c2ccc(-n3c4ccccc4c4cc(-c5ccc6c7ccccc7n(-c7nc(-c8ccccc8)nc(-c8ccccc8)n7)c6c5)ccc43)cc2)cc1. The van der Waals surface area contributed by atoms with Crippen molar-refractivity contribution < 1.29 is 0 Å². The van der Waals surface area contributed by atoms with Gasteiger partial charge in [-0.2, -0.15) is 9.97 Å². The van der Waals surface area contributed by atoms with Gasteiger partial charge in [0.2, 0.25) is 5.95 Å². The van der Waals surface area contributed by atoms with Crippen molar-refractivity contribution in [2.75, 3.05) is 0 Å². The molecule has 0 N–H and O–H groups in total. The van der Waals surface area contributed by atoms with Crippen molar-refractivity contribution in [2.45, 2.75) is 0 Å². The lowest BCUT2D eigenvalue weighted by Gasteiger charge is -2.11. The third-order valence-corrected chi connectivity index (χ3v) is 10.8. The lowest BCUT2D eigenvalue weighted by molar-refractivity contribution is 0.953. The summed E-state index contributed by atoms with van der Waals surface area (Å²) in [6.07, 6.45) is 0. The molecule has 0 atom stereocenters. The van der Waals surface area contributed by atoms with Gasteiger partial charge in [-0.25, -0.2) is 4.98 Å². The van der Waals surface area contributed by atoms with Crippen molar-refractivity contribution in [2.24, 2.45) is 0 Å². The zero-order valence-electron chi connectivity index (χ0n) is 30.3. The number of aromatic nitrogens is 5. The molecule has 3 aromatic heterocycles. The Morgan fingerprint density at radius 3 is 1.36 bits per heavy atom. The van der Waals surface area contributed by atoms with Crippen LogP contribution in [0.1, 0.15) is 0 Å². The second kappa shape index (κ2) is 13.0. The molecule has 0 unspecified atom stereocenters. The first-order chi connectivity index (χ1) is 27.8. The Morgan fingerprint density at radius 1 is 0.268 bits per heavy atom. The molecule has 0 aliphatic heterocycles. The molecule has 11 aromatic rings. The predicted molar refractivity (Wildman–Crippen MR) is 230 cm³/mol. The molecule has 56 heavy (non-hydrogen) atoms. The van der Waals surface area contributed by atoms with Crippen molar-refractivity contribution in [1.82, 2.24) is 24.1 Å². The van der Waals surface area contributed by atoms with E-state index in [1.54, 1.807) is 0 Å². The molecule has 5 heteroatoms. The number of benzene rings is 8. The quantitative estimate of drug-likeness (QED) is 0.172. The van der Waals surface area contributed by atoms with Crippen LogP contribution in [0.5, 0.6) is 0 Å². The minimum absolute atomic E-state index is 0.581. The molecule has 0 aliphatic rings. The van der Waals surface area contributed by atoms with Gasteiger partial charge in [0.05, 0.1) is 22.1 Å². The predicted octanol–water partition coefficient (Wildman–Crippen LogP) is 12.7. The summed E-state index contributed by atoms with van der Waals surface area (Å²) in [7, 11) is 0. The lowest BCUT2D eigenvalue weighted by Crippen LogP contribution is -2.06. The molecule has 0 radical (unpaired) electrons. The Kier molecular flexibility index (Phi) is 7.42. The minimum atomic E-state index is 0.581. The van der Waals surface area contributed by atoms with Crippen LogP contribution in [-0.4, -0.2) is 24.1 Å². The fraction of sp³-hybridized carbons (Fsp3) is 0. The summed E-state index contributed by atoms with van der Waals surface area (Å²) < 4.78 is 4.57. The van der Waals surface area contributed by atoms with Gasteiger partial charge >= 0.3 is 0 Å². The summed E-state index contributed by atoms with van der Waals surface area (Å²) in [5.74, 6) is 1.85.